The number of urea groups is 1. The summed E-state index contributed by atoms with van der Waals surface area (Å²) < 4.78 is 5.26. The van der Waals surface area contributed by atoms with Gasteiger partial charge in [-0.2, -0.15) is 0 Å². The molecule has 7 heteroatoms. The van der Waals surface area contributed by atoms with Crippen LogP contribution >= 0.6 is 0 Å². The first-order chi connectivity index (χ1) is 9.89. The second kappa shape index (κ2) is 6.09. The van der Waals surface area contributed by atoms with Crippen LogP contribution in [0.4, 0.5) is 4.79 Å². The molecule has 1 aromatic rings. The molecule has 1 fully saturated rings. The largest absolute Gasteiger partial charge is 0.480 e. The molecule has 21 heavy (non-hydrogen) atoms. The molecule has 2 heterocycles. The monoisotopic (exact) mass is 293 g/mol. The minimum Gasteiger partial charge on any atom is -0.480 e. The maximum absolute atomic E-state index is 12.0. The highest BCUT2D eigenvalue weighted by molar-refractivity contribution is 5.75. The summed E-state index contributed by atoms with van der Waals surface area (Å²) in [4.78, 5) is 28.2. The lowest BCUT2D eigenvalue weighted by Crippen LogP contribution is -2.65. The fourth-order valence-electron chi connectivity index (χ4n) is 2.21. The van der Waals surface area contributed by atoms with Gasteiger partial charge < -0.3 is 20.1 Å². The third-order valence-electron chi connectivity index (χ3n) is 3.41. The first-order valence-electron chi connectivity index (χ1n) is 6.69. The standard InChI is InChI=1S/C14H19N3O4/c1-10-4-3-5-15-11(10)6-16-13(20)17-8-14(2,9-17)21-7-12(18)19/h3-5H,6-9H2,1-2H3,(H,16,20)(H,18,19). The number of amides is 2. The van der Waals surface area contributed by atoms with Crippen molar-refractivity contribution in [1.29, 1.82) is 0 Å². The quantitative estimate of drug-likeness (QED) is 0.837. The number of carboxylic acid groups (broad SMARTS) is 1. The van der Waals surface area contributed by atoms with E-state index in [4.69, 9.17) is 9.84 Å². The molecule has 1 aliphatic rings. The summed E-state index contributed by atoms with van der Waals surface area (Å²) in [7, 11) is 0. The fourth-order valence-corrected chi connectivity index (χ4v) is 2.21. The number of nitrogens with one attached hydrogen (secondary N) is 1. The Morgan fingerprint density at radius 3 is 2.86 bits per heavy atom. The molecule has 114 valence electrons. The van der Waals surface area contributed by atoms with Gasteiger partial charge in [0.2, 0.25) is 0 Å². The van der Waals surface area contributed by atoms with Gasteiger partial charge in [-0.15, -0.1) is 0 Å². The van der Waals surface area contributed by atoms with Crippen LogP contribution in [-0.4, -0.2) is 52.3 Å². The molecule has 0 spiro atoms. The predicted molar refractivity (Wildman–Crippen MR) is 74.8 cm³/mol. The van der Waals surface area contributed by atoms with Crippen molar-refractivity contribution in [1.82, 2.24) is 15.2 Å². The number of likely N-dealkylation sites (tertiary alicyclic amines) is 1. The molecule has 1 aromatic heterocycles. The van der Waals surface area contributed by atoms with Crippen LogP contribution in [0.15, 0.2) is 18.3 Å². The first kappa shape index (κ1) is 15.2. The third-order valence-corrected chi connectivity index (χ3v) is 3.41. The van der Waals surface area contributed by atoms with E-state index in [0.717, 1.165) is 11.3 Å². The maximum Gasteiger partial charge on any atom is 0.329 e. The van der Waals surface area contributed by atoms with Crippen LogP contribution < -0.4 is 5.32 Å². The van der Waals surface area contributed by atoms with Crippen LogP contribution in [0.3, 0.4) is 0 Å². The van der Waals surface area contributed by atoms with Crippen LogP contribution in [-0.2, 0) is 16.1 Å². The van der Waals surface area contributed by atoms with Crippen molar-refractivity contribution in [2.45, 2.75) is 26.0 Å². The number of hydrogen-bond donors (Lipinski definition) is 2. The lowest BCUT2D eigenvalue weighted by atomic mass is 9.97. The maximum atomic E-state index is 12.0. The Labute approximate surface area is 122 Å². The smallest absolute Gasteiger partial charge is 0.329 e. The van der Waals surface area contributed by atoms with Gasteiger partial charge in [-0.25, -0.2) is 9.59 Å². The second-order valence-corrected chi connectivity index (χ2v) is 5.41. The molecular formula is C14H19N3O4. The molecule has 0 aliphatic carbocycles. The van der Waals surface area contributed by atoms with Gasteiger partial charge in [0, 0.05) is 6.20 Å². The molecule has 2 rings (SSSR count). The van der Waals surface area contributed by atoms with Gasteiger partial charge in [0.15, 0.2) is 0 Å². The first-order valence-corrected chi connectivity index (χ1v) is 6.69. The Kier molecular flexibility index (Phi) is 4.42. The van der Waals surface area contributed by atoms with E-state index in [1.807, 2.05) is 19.1 Å². The Balaban J connectivity index is 1.76. The summed E-state index contributed by atoms with van der Waals surface area (Å²) in [5, 5.41) is 11.4. The summed E-state index contributed by atoms with van der Waals surface area (Å²) in [5.74, 6) is -1.01. The van der Waals surface area contributed by atoms with E-state index in [0.29, 0.717) is 19.6 Å². The Morgan fingerprint density at radius 1 is 1.52 bits per heavy atom. The summed E-state index contributed by atoms with van der Waals surface area (Å²) in [6.45, 7) is 4.52. The zero-order valence-corrected chi connectivity index (χ0v) is 12.1. The molecule has 7 nitrogen and oxygen atoms in total. The molecule has 0 unspecified atom stereocenters. The minimum absolute atomic E-state index is 0.198. The zero-order chi connectivity index (χ0) is 15.5. The van der Waals surface area contributed by atoms with Crippen molar-refractivity contribution < 1.29 is 19.4 Å². The summed E-state index contributed by atoms with van der Waals surface area (Å²) in [5.41, 5.74) is 1.28. The topological polar surface area (TPSA) is 91.8 Å². The highest BCUT2D eigenvalue weighted by Gasteiger charge is 2.42. The SMILES string of the molecule is Cc1cccnc1CNC(=O)N1CC(C)(OCC(=O)O)C1. The number of hydrogen-bond acceptors (Lipinski definition) is 4. The Hall–Kier alpha value is -2.15. The van der Waals surface area contributed by atoms with Gasteiger partial charge in [-0.3, -0.25) is 4.98 Å². The number of aliphatic carboxylic acids is 1. The van der Waals surface area contributed by atoms with Gasteiger partial charge in [0.1, 0.15) is 12.2 Å². The molecule has 0 aromatic carbocycles. The molecule has 0 bridgehead atoms. The number of nitrogens with zero attached hydrogens (tertiary/aromatic N) is 2. The van der Waals surface area contributed by atoms with E-state index < -0.39 is 11.6 Å². The van der Waals surface area contributed by atoms with Gasteiger partial charge >= 0.3 is 12.0 Å². The van der Waals surface area contributed by atoms with E-state index in [1.54, 1.807) is 18.0 Å². The molecule has 1 saturated heterocycles. The molecule has 2 N–H and O–H groups in total. The highest BCUT2D eigenvalue weighted by Crippen LogP contribution is 2.24. The number of ether oxygens (including phenoxy) is 1. The summed E-state index contributed by atoms with van der Waals surface area (Å²) in [6, 6.07) is 3.59. The Bertz CT molecular complexity index is 541. The molecule has 2 amide bonds. The number of pyridine rings is 1. The van der Waals surface area contributed by atoms with Gasteiger partial charge in [-0.05, 0) is 25.5 Å². The zero-order valence-electron chi connectivity index (χ0n) is 12.1. The van der Waals surface area contributed by atoms with E-state index >= 15 is 0 Å². The van der Waals surface area contributed by atoms with Crippen molar-refractivity contribution in [3.05, 3.63) is 29.6 Å². The van der Waals surface area contributed by atoms with Gasteiger partial charge in [-0.1, -0.05) is 6.07 Å². The summed E-state index contributed by atoms with van der Waals surface area (Å²) in [6.07, 6.45) is 1.69. The van der Waals surface area contributed by atoms with E-state index in [-0.39, 0.29) is 12.6 Å². The van der Waals surface area contributed by atoms with E-state index in [1.165, 1.54) is 0 Å². The van der Waals surface area contributed by atoms with Gasteiger partial charge in [0.25, 0.3) is 0 Å². The second-order valence-electron chi connectivity index (χ2n) is 5.41. The molecule has 1 aliphatic heterocycles. The minimum atomic E-state index is -1.01. The predicted octanol–water partition coefficient (Wildman–Crippen LogP) is 0.775. The van der Waals surface area contributed by atoms with Gasteiger partial charge in [0.05, 0.1) is 25.3 Å². The van der Waals surface area contributed by atoms with E-state index in [2.05, 4.69) is 10.3 Å². The number of carbonyl (C=O) groups is 2. The number of carboxylic acids is 1. The molecule has 0 radical (unpaired) electrons. The third kappa shape index (κ3) is 3.91. The average molecular weight is 293 g/mol. The van der Waals surface area contributed by atoms with Crippen LogP contribution in [0.25, 0.3) is 0 Å². The van der Waals surface area contributed by atoms with Crippen LogP contribution in [0.1, 0.15) is 18.2 Å². The Morgan fingerprint density at radius 2 is 2.24 bits per heavy atom. The normalized spacial score (nSPS) is 16.2. The number of carbonyl (C=O) groups excluding carboxylic acids is 1. The van der Waals surface area contributed by atoms with Crippen LogP contribution in [0.5, 0.6) is 0 Å². The van der Waals surface area contributed by atoms with Crippen molar-refractivity contribution in [3.63, 3.8) is 0 Å². The number of rotatable bonds is 5. The average Bonchev–Trinajstić information content (AvgIpc) is 2.41. The molecule has 0 saturated carbocycles. The van der Waals surface area contributed by atoms with Crippen molar-refractivity contribution >= 4 is 12.0 Å². The molecular weight excluding hydrogens is 274 g/mol. The van der Waals surface area contributed by atoms with Crippen molar-refractivity contribution in [2.24, 2.45) is 0 Å². The van der Waals surface area contributed by atoms with Crippen molar-refractivity contribution in [2.75, 3.05) is 19.7 Å². The lowest BCUT2D eigenvalue weighted by molar-refractivity contribution is -0.159. The van der Waals surface area contributed by atoms with E-state index in [9.17, 15) is 9.59 Å². The fraction of sp³-hybridized carbons (Fsp3) is 0.500. The van der Waals surface area contributed by atoms with Crippen LogP contribution in [0, 0.1) is 6.92 Å². The summed E-state index contributed by atoms with van der Waals surface area (Å²) >= 11 is 0. The van der Waals surface area contributed by atoms with Crippen molar-refractivity contribution in [3.8, 4) is 0 Å². The molecule has 0 atom stereocenters. The van der Waals surface area contributed by atoms with Crippen LogP contribution in [0.2, 0.25) is 0 Å². The number of aryl methyl sites for hydroxylation is 1. The lowest BCUT2D eigenvalue weighted by Gasteiger charge is -2.46. The number of aromatic nitrogens is 1. The highest BCUT2D eigenvalue weighted by atomic mass is 16.5.